The molecule has 0 aliphatic heterocycles. The van der Waals surface area contributed by atoms with Crippen molar-refractivity contribution in [3.63, 3.8) is 0 Å². The van der Waals surface area contributed by atoms with E-state index < -0.39 is 0 Å². The summed E-state index contributed by atoms with van der Waals surface area (Å²) in [5.74, 6) is 0. The van der Waals surface area contributed by atoms with Crippen LogP contribution in [0.2, 0.25) is 5.02 Å². The van der Waals surface area contributed by atoms with E-state index in [2.05, 4.69) is 45.1 Å². The average molecular weight is 464 g/mol. The Kier molecular flexibility index (Phi) is 7.38. The molecule has 3 N–H and O–H groups in total. The second-order valence-electron chi connectivity index (χ2n) is 9.50. The molecule has 0 aromatic heterocycles. The number of hydrogen-bond acceptors (Lipinski definition) is 2. The van der Waals surface area contributed by atoms with Crippen LogP contribution in [-0.2, 0) is 11.8 Å². The monoisotopic (exact) mass is 463 g/mol. The predicted octanol–water partition coefficient (Wildman–Crippen LogP) is 7.89. The van der Waals surface area contributed by atoms with Gasteiger partial charge in [0.15, 0.2) is 0 Å². The van der Waals surface area contributed by atoms with Gasteiger partial charge in [0, 0.05) is 16.4 Å². The molecule has 2 amide bonds. The van der Waals surface area contributed by atoms with Crippen LogP contribution >= 0.6 is 11.6 Å². The van der Waals surface area contributed by atoms with Gasteiger partial charge in [-0.15, -0.1) is 0 Å². The van der Waals surface area contributed by atoms with Crippen molar-refractivity contribution >= 4 is 34.7 Å². The van der Waals surface area contributed by atoms with E-state index in [9.17, 15) is 4.79 Å². The Labute approximate surface area is 202 Å². The molecule has 0 fully saturated rings. The molecule has 1 unspecified atom stereocenters. The summed E-state index contributed by atoms with van der Waals surface area (Å²) in [6, 6.07) is 19.2. The van der Waals surface area contributed by atoms with E-state index in [0.29, 0.717) is 10.7 Å². The lowest BCUT2D eigenvalue weighted by Crippen LogP contribution is -2.38. The van der Waals surface area contributed by atoms with Crippen LogP contribution in [0, 0.1) is 6.92 Å². The molecule has 0 radical (unpaired) electrons. The number of rotatable bonds is 5. The number of carbonyl (C=O) groups is 1. The molecule has 4 nitrogen and oxygen atoms in total. The SMILES string of the molecule is CCc1ccc(N(C(=O)Nc2c(C(C)(C)C)ccc(N)c2C)C(C)c2ccc(Cl)cc2)cc1. The number of nitrogens with two attached hydrogens (primary N) is 1. The highest BCUT2D eigenvalue weighted by atomic mass is 35.5. The average Bonchev–Trinajstić information content (AvgIpc) is 2.77. The molecular formula is C28H34ClN3O. The molecule has 5 heteroatoms. The molecule has 1 atom stereocenters. The van der Waals surface area contributed by atoms with Gasteiger partial charge in [-0.1, -0.05) is 69.6 Å². The van der Waals surface area contributed by atoms with Crippen LogP contribution in [-0.4, -0.2) is 6.03 Å². The van der Waals surface area contributed by atoms with Gasteiger partial charge in [0.25, 0.3) is 0 Å². The maximum absolute atomic E-state index is 13.8. The normalized spacial score (nSPS) is 12.3. The van der Waals surface area contributed by atoms with E-state index >= 15 is 0 Å². The summed E-state index contributed by atoms with van der Waals surface area (Å²) in [6.45, 7) is 12.5. The summed E-state index contributed by atoms with van der Waals surface area (Å²) in [4.78, 5) is 15.6. The van der Waals surface area contributed by atoms with Crippen molar-refractivity contribution in [2.75, 3.05) is 16.0 Å². The number of benzene rings is 3. The molecular weight excluding hydrogens is 430 g/mol. The van der Waals surface area contributed by atoms with E-state index in [1.807, 2.05) is 62.4 Å². The molecule has 0 saturated carbocycles. The van der Waals surface area contributed by atoms with Gasteiger partial charge in [-0.3, -0.25) is 4.90 Å². The van der Waals surface area contributed by atoms with E-state index in [-0.39, 0.29) is 17.5 Å². The van der Waals surface area contributed by atoms with Gasteiger partial charge >= 0.3 is 6.03 Å². The van der Waals surface area contributed by atoms with E-state index in [4.69, 9.17) is 17.3 Å². The minimum absolute atomic E-state index is 0.156. The van der Waals surface area contributed by atoms with Gasteiger partial charge in [0.1, 0.15) is 0 Å². The van der Waals surface area contributed by atoms with Gasteiger partial charge in [-0.25, -0.2) is 4.79 Å². The second-order valence-corrected chi connectivity index (χ2v) is 9.94. The number of carbonyl (C=O) groups excluding carboxylic acids is 1. The fraction of sp³-hybridized carbons (Fsp3) is 0.321. The highest BCUT2D eigenvalue weighted by molar-refractivity contribution is 6.30. The molecule has 0 saturated heterocycles. The van der Waals surface area contributed by atoms with Crippen molar-refractivity contribution in [2.45, 2.75) is 59.4 Å². The maximum Gasteiger partial charge on any atom is 0.326 e. The Hall–Kier alpha value is -2.98. The Balaban J connectivity index is 2.06. The summed E-state index contributed by atoms with van der Waals surface area (Å²) < 4.78 is 0. The zero-order valence-corrected chi connectivity index (χ0v) is 21.1. The largest absolute Gasteiger partial charge is 0.398 e. The van der Waals surface area contributed by atoms with Gasteiger partial charge in [-0.05, 0) is 78.3 Å². The zero-order chi connectivity index (χ0) is 24.3. The molecule has 0 bridgehead atoms. The first-order valence-corrected chi connectivity index (χ1v) is 11.7. The highest BCUT2D eigenvalue weighted by Gasteiger charge is 2.27. The molecule has 174 valence electrons. The van der Waals surface area contributed by atoms with Crippen molar-refractivity contribution in [1.82, 2.24) is 0 Å². The summed E-state index contributed by atoms with van der Waals surface area (Å²) in [6.07, 6.45) is 0.941. The Bertz CT molecular complexity index is 1120. The minimum atomic E-state index is -0.214. The molecule has 0 aliphatic rings. The summed E-state index contributed by atoms with van der Waals surface area (Å²) in [5.41, 5.74) is 12.4. The molecule has 3 aromatic rings. The van der Waals surface area contributed by atoms with Crippen LogP contribution < -0.4 is 16.0 Å². The van der Waals surface area contributed by atoms with Crippen molar-refractivity contribution < 1.29 is 4.79 Å². The quantitative estimate of drug-likeness (QED) is 0.378. The molecule has 3 rings (SSSR count). The fourth-order valence-corrected chi connectivity index (χ4v) is 4.11. The fourth-order valence-electron chi connectivity index (χ4n) is 3.98. The Morgan fingerprint density at radius 1 is 1.03 bits per heavy atom. The van der Waals surface area contributed by atoms with E-state index in [0.717, 1.165) is 34.5 Å². The number of anilines is 3. The van der Waals surface area contributed by atoms with Crippen molar-refractivity contribution in [3.8, 4) is 0 Å². The lowest BCUT2D eigenvalue weighted by atomic mass is 9.84. The highest BCUT2D eigenvalue weighted by Crippen LogP contribution is 2.36. The molecule has 0 aliphatic carbocycles. The third kappa shape index (κ3) is 5.51. The lowest BCUT2D eigenvalue weighted by molar-refractivity contribution is 0.255. The van der Waals surface area contributed by atoms with Gasteiger partial charge in [0.05, 0.1) is 11.7 Å². The van der Waals surface area contributed by atoms with Crippen molar-refractivity contribution in [1.29, 1.82) is 0 Å². The number of amides is 2. The smallest absolute Gasteiger partial charge is 0.326 e. The molecule has 0 spiro atoms. The molecule has 3 aromatic carbocycles. The number of nitrogen functional groups attached to an aromatic ring is 1. The minimum Gasteiger partial charge on any atom is -0.398 e. The van der Waals surface area contributed by atoms with Crippen LogP contribution in [0.1, 0.15) is 62.9 Å². The van der Waals surface area contributed by atoms with E-state index in [1.165, 1.54) is 5.56 Å². The van der Waals surface area contributed by atoms with Gasteiger partial charge < -0.3 is 11.1 Å². The summed E-state index contributed by atoms with van der Waals surface area (Å²) >= 11 is 6.10. The van der Waals surface area contributed by atoms with Crippen LogP contribution in [0.25, 0.3) is 0 Å². The van der Waals surface area contributed by atoms with Crippen LogP contribution in [0.5, 0.6) is 0 Å². The van der Waals surface area contributed by atoms with Gasteiger partial charge in [-0.2, -0.15) is 0 Å². The van der Waals surface area contributed by atoms with Gasteiger partial charge in [0.2, 0.25) is 0 Å². The molecule has 0 heterocycles. The standard InChI is InChI=1S/C28H34ClN3O/c1-7-20-8-14-23(15-9-20)32(19(3)21-10-12-22(29)13-11-21)27(33)31-26-18(2)25(30)17-16-24(26)28(4,5)6/h8-17,19H,7,30H2,1-6H3,(H,31,33). The number of hydrogen-bond donors (Lipinski definition) is 2. The number of nitrogens with zero attached hydrogens (tertiary/aromatic N) is 1. The second kappa shape index (κ2) is 9.88. The first-order chi connectivity index (χ1) is 15.5. The zero-order valence-electron chi connectivity index (χ0n) is 20.4. The number of halogens is 1. The molecule has 33 heavy (non-hydrogen) atoms. The predicted molar refractivity (Wildman–Crippen MR) is 141 cm³/mol. The number of urea groups is 1. The van der Waals surface area contributed by atoms with E-state index in [1.54, 1.807) is 4.90 Å². The van der Waals surface area contributed by atoms with Crippen LogP contribution in [0.3, 0.4) is 0 Å². The van der Waals surface area contributed by atoms with Crippen molar-refractivity contribution in [3.05, 3.63) is 87.9 Å². The Morgan fingerprint density at radius 2 is 1.64 bits per heavy atom. The third-order valence-corrected chi connectivity index (χ3v) is 6.38. The third-order valence-electron chi connectivity index (χ3n) is 6.13. The topological polar surface area (TPSA) is 58.4 Å². The number of aryl methyl sites for hydroxylation is 1. The first-order valence-electron chi connectivity index (χ1n) is 11.4. The number of nitrogens with one attached hydrogen (secondary N) is 1. The summed E-state index contributed by atoms with van der Waals surface area (Å²) in [5, 5.41) is 3.86. The summed E-state index contributed by atoms with van der Waals surface area (Å²) in [7, 11) is 0. The van der Waals surface area contributed by atoms with Crippen LogP contribution in [0.4, 0.5) is 21.9 Å². The van der Waals surface area contributed by atoms with Crippen molar-refractivity contribution in [2.24, 2.45) is 0 Å². The van der Waals surface area contributed by atoms with Crippen LogP contribution in [0.15, 0.2) is 60.7 Å². The first kappa shape index (κ1) is 24.7. The maximum atomic E-state index is 13.8. The Morgan fingerprint density at radius 3 is 2.18 bits per heavy atom. The lowest BCUT2D eigenvalue weighted by Gasteiger charge is -2.32.